The summed E-state index contributed by atoms with van der Waals surface area (Å²) in [4.78, 5) is 17.5. The standard InChI is InChI=1S/C23H18F2N4O4S2/c24-15-4-9-19(18(25)12-15)33-21(14-2-5-16(6-3-14)35(31,32)17-7-8-17)22(30)28-23-26-13-20(34-23)29-11-1-10-27-29/h1-6,9-13,17,21H,7-8H2,(H,26,28,30). The quantitative estimate of drug-likeness (QED) is 0.375. The van der Waals surface area contributed by atoms with Crippen LogP contribution in [0, 0.1) is 11.6 Å². The second-order valence-electron chi connectivity index (χ2n) is 7.83. The number of ether oxygens (including phenoxy) is 1. The molecule has 0 aliphatic heterocycles. The number of thiazole rings is 1. The van der Waals surface area contributed by atoms with E-state index >= 15 is 0 Å². The SMILES string of the molecule is O=C(Nc1ncc(-n2cccn2)s1)C(Oc1ccc(F)cc1F)c1ccc(S(=O)(=O)C2CC2)cc1. The van der Waals surface area contributed by atoms with Crippen molar-refractivity contribution >= 4 is 32.2 Å². The Bertz CT molecular complexity index is 1470. The van der Waals surface area contributed by atoms with E-state index in [9.17, 15) is 22.0 Å². The third-order valence-corrected chi connectivity index (χ3v) is 8.49. The predicted molar refractivity (Wildman–Crippen MR) is 124 cm³/mol. The number of hydrogen-bond acceptors (Lipinski definition) is 7. The molecule has 12 heteroatoms. The maximum Gasteiger partial charge on any atom is 0.271 e. The van der Waals surface area contributed by atoms with Gasteiger partial charge in [-0.25, -0.2) is 26.9 Å². The number of hydrogen-bond donors (Lipinski definition) is 1. The van der Waals surface area contributed by atoms with Gasteiger partial charge < -0.3 is 4.74 Å². The molecule has 8 nitrogen and oxygen atoms in total. The smallest absolute Gasteiger partial charge is 0.271 e. The number of nitrogens with zero attached hydrogens (tertiary/aromatic N) is 3. The van der Waals surface area contributed by atoms with Crippen molar-refractivity contribution in [2.75, 3.05) is 5.32 Å². The van der Waals surface area contributed by atoms with E-state index in [0.29, 0.717) is 23.9 Å². The molecule has 1 aliphatic rings. The number of nitrogens with one attached hydrogen (secondary N) is 1. The highest BCUT2D eigenvalue weighted by Gasteiger charge is 2.37. The summed E-state index contributed by atoms with van der Waals surface area (Å²) in [6, 6.07) is 10.2. The Labute approximate surface area is 203 Å². The number of benzene rings is 2. The van der Waals surface area contributed by atoms with Gasteiger partial charge in [0.15, 0.2) is 26.5 Å². The summed E-state index contributed by atoms with van der Waals surface area (Å²) in [7, 11) is -3.43. The molecular formula is C23H18F2N4O4S2. The molecule has 2 aromatic carbocycles. The van der Waals surface area contributed by atoms with Gasteiger partial charge in [0.1, 0.15) is 10.8 Å². The van der Waals surface area contributed by atoms with E-state index in [4.69, 9.17) is 4.74 Å². The second-order valence-corrected chi connectivity index (χ2v) is 11.1. The van der Waals surface area contributed by atoms with Crippen molar-refractivity contribution in [3.63, 3.8) is 0 Å². The zero-order valence-electron chi connectivity index (χ0n) is 18.0. The zero-order chi connectivity index (χ0) is 24.6. The largest absolute Gasteiger partial charge is 0.473 e. The van der Waals surface area contributed by atoms with Crippen LogP contribution in [0.4, 0.5) is 13.9 Å². The highest BCUT2D eigenvalue weighted by molar-refractivity contribution is 7.92. The number of sulfone groups is 1. The first-order chi connectivity index (χ1) is 16.8. The van der Waals surface area contributed by atoms with E-state index in [1.807, 2.05) is 0 Å². The lowest BCUT2D eigenvalue weighted by molar-refractivity contribution is -0.123. The van der Waals surface area contributed by atoms with Crippen LogP contribution in [-0.2, 0) is 14.6 Å². The Morgan fingerprint density at radius 1 is 1.17 bits per heavy atom. The topological polar surface area (TPSA) is 103 Å². The van der Waals surface area contributed by atoms with Crippen LogP contribution in [0.2, 0.25) is 0 Å². The average Bonchev–Trinajstić information content (AvgIpc) is 3.37. The molecule has 1 N–H and O–H groups in total. The van der Waals surface area contributed by atoms with E-state index in [-0.39, 0.29) is 26.6 Å². The summed E-state index contributed by atoms with van der Waals surface area (Å²) in [5.74, 6) is -2.78. The first kappa shape index (κ1) is 23.1. The summed E-state index contributed by atoms with van der Waals surface area (Å²) >= 11 is 1.16. The van der Waals surface area contributed by atoms with E-state index in [2.05, 4.69) is 15.4 Å². The first-order valence-corrected chi connectivity index (χ1v) is 12.9. The van der Waals surface area contributed by atoms with E-state index in [0.717, 1.165) is 23.5 Å². The lowest BCUT2D eigenvalue weighted by atomic mass is 10.1. The maximum atomic E-state index is 14.3. The predicted octanol–water partition coefficient (Wildman–Crippen LogP) is 4.30. The number of halogens is 2. The van der Waals surface area contributed by atoms with Gasteiger partial charge in [0.2, 0.25) is 6.10 Å². The van der Waals surface area contributed by atoms with E-state index in [1.54, 1.807) is 23.1 Å². The monoisotopic (exact) mass is 516 g/mol. The van der Waals surface area contributed by atoms with Gasteiger partial charge in [-0.2, -0.15) is 5.10 Å². The van der Waals surface area contributed by atoms with Crippen molar-refractivity contribution in [1.29, 1.82) is 0 Å². The molecule has 2 heterocycles. The summed E-state index contributed by atoms with van der Waals surface area (Å²) in [6.07, 6.45) is 4.73. The van der Waals surface area contributed by atoms with Crippen LogP contribution in [0.3, 0.4) is 0 Å². The Hall–Kier alpha value is -3.64. The summed E-state index contributed by atoms with van der Waals surface area (Å²) < 4.78 is 59.9. The Kier molecular flexibility index (Phi) is 6.07. The van der Waals surface area contributed by atoms with E-state index < -0.39 is 33.5 Å². The summed E-state index contributed by atoms with van der Waals surface area (Å²) in [6.45, 7) is 0. The van der Waals surface area contributed by atoms with Gasteiger partial charge in [0.05, 0.1) is 16.3 Å². The third-order valence-electron chi connectivity index (χ3n) is 5.31. The minimum atomic E-state index is -3.43. The van der Waals surface area contributed by atoms with Gasteiger partial charge in [0, 0.05) is 24.0 Å². The maximum absolute atomic E-state index is 14.3. The van der Waals surface area contributed by atoms with Crippen LogP contribution in [0.25, 0.3) is 5.00 Å². The second kappa shape index (κ2) is 9.19. The van der Waals surface area contributed by atoms with Gasteiger partial charge >= 0.3 is 0 Å². The minimum Gasteiger partial charge on any atom is -0.473 e. The molecule has 2 aromatic heterocycles. The van der Waals surface area contributed by atoms with Crippen LogP contribution in [-0.4, -0.2) is 34.3 Å². The molecule has 1 fully saturated rings. The molecule has 0 radical (unpaired) electrons. The molecule has 1 saturated carbocycles. The molecule has 1 atom stereocenters. The van der Waals surface area contributed by atoms with Crippen molar-refractivity contribution in [3.05, 3.63) is 84.3 Å². The molecule has 1 unspecified atom stereocenters. The van der Waals surface area contributed by atoms with Crippen molar-refractivity contribution in [2.45, 2.75) is 29.1 Å². The molecule has 0 bridgehead atoms. The Morgan fingerprint density at radius 2 is 1.94 bits per heavy atom. The van der Waals surface area contributed by atoms with Gasteiger partial charge in [-0.1, -0.05) is 23.5 Å². The molecule has 180 valence electrons. The average molecular weight is 517 g/mol. The van der Waals surface area contributed by atoms with Crippen LogP contribution in [0.15, 0.2) is 72.0 Å². The molecule has 0 saturated heterocycles. The molecule has 1 amide bonds. The van der Waals surface area contributed by atoms with Crippen LogP contribution in [0.1, 0.15) is 24.5 Å². The highest BCUT2D eigenvalue weighted by atomic mass is 32.2. The number of carbonyl (C=O) groups excluding carboxylic acids is 1. The zero-order valence-corrected chi connectivity index (χ0v) is 19.6. The lowest BCUT2D eigenvalue weighted by Crippen LogP contribution is -2.26. The van der Waals surface area contributed by atoms with Crippen molar-refractivity contribution < 1.29 is 26.7 Å². The normalized spacial score (nSPS) is 14.5. The van der Waals surface area contributed by atoms with E-state index in [1.165, 1.54) is 30.5 Å². The lowest BCUT2D eigenvalue weighted by Gasteiger charge is -2.19. The van der Waals surface area contributed by atoms with Gasteiger partial charge in [0.25, 0.3) is 5.91 Å². The number of amides is 1. The van der Waals surface area contributed by atoms with Gasteiger partial charge in [-0.15, -0.1) is 0 Å². The fourth-order valence-electron chi connectivity index (χ4n) is 3.37. The van der Waals surface area contributed by atoms with Crippen LogP contribution >= 0.6 is 11.3 Å². The molecule has 1 aliphatic carbocycles. The summed E-state index contributed by atoms with van der Waals surface area (Å²) in [5, 5.41) is 7.26. The Balaban J connectivity index is 1.43. The van der Waals surface area contributed by atoms with Crippen molar-refractivity contribution in [1.82, 2.24) is 14.8 Å². The molecule has 4 aromatic rings. The Morgan fingerprint density at radius 3 is 2.60 bits per heavy atom. The van der Waals surface area contributed by atoms with Crippen molar-refractivity contribution in [3.8, 4) is 10.8 Å². The minimum absolute atomic E-state index is 0.139. The molecule has 0 spiro atoms. The number of aromatic nitrogens is 3. The number of anilines is 1. The fraction of sp³-hybridized carbons (Fsp3) is 0.174. The molecular weight excluding hydrogens is 498 g/mol. The highest BCUT2D eigenvalue weighted by Crippen LogP contribution is 2.34. The molecule has 5 rings (SSSR count). The van der Waals surface area contributed by atoms with Gasteiger partial charge in [-0.3, -0.25) is 10.1 Å². The third kappa shape index (κ3) is 4.93. The summed E-state index contributed by atoms with van der Waals surface area (Å²) in [5.41, 5.74) is 0.282. The molecule has 35 heavy (non-hydrogen) atoms. The van der Waals surface area contributed by atoms with Crippen LogP contribution in [0.5, 0.6) is 5.75 Å². The fourth-order valence-corrected chi connectivity index (χ4v) is 5.79. The van der Waals surface area contributed by atoms with Crippen LogP contribution < -0.4 is 10.1 Å². The number of rotatable bonds is 8. The number of carbonyl (C=O) groups is 1. The van der Waals surface area contributed by atoms with Crippen molar-refractivity contribution in [2.24, 2.45) is 0 Å². The first-order valence-electron chi connectivity index (χ1n) is 10.5. The van der Waals surface area contributed by atoms with Gasteiger partial charge in [-0.05, 0) is 43.2 Å².